The number of hydrogen-bond donors (Lipinski definition) is 0. The fourth-order valence-corrected chi connectivity index (χ4v) is 1.85. The molecule has 0 radical (unpaired) electrons. The van der Waals surface area contributed by atoms with Gasteiger partial charge in [0.15, 0.2) is 5.69 Å². The van der Waals surface area contributed by atoms with E-state index in [4.69, 9.17) is 0 Å². The summed E-state index contributed by atoms with van der Waals surface area (Å²) in [7, 11) is 0. The molecule has 0 spiro atoms. The summed E-state index contributed by atoms with van der Waals surface area (Å²) in [6.45, 7) is 5.74. The minimum atomic E-state index is -4.38. The van der Waals surface area contributed by atoms with Crippen LogP contribution in [-0.4, -0.2) is 15.0 Å². The van der Waals surface area contributed by atoms with Crippen molar-refractivity contribution >= 4 is 0 Å². The lowest BCUT2D eigenvalue weighted by Crippen LogP contribution is -2.17. The van der Waals surface area contributed by atoms with E-state index in [1.807, 2.05) is 0 Å². The molecule has 1 aromatic heterocycles. The van der Waals surface area contributed by atoms with Crippen LogP contribution in [0.25, 0.3) is 0 Å². The summed E-state index contributed by atoms with van der Waals surface area (Å²) in [6, 6.07) is 0. The quantitative estimate of drug-likeness (QED) is 0.726. The van der Waals surface area contributed by atoms with Gasteiger partial charge in [-0.05, 0) is 12.3 Å². The molecule has 0 N–H and O–H groups in total. The Bertz CT molecular complexity index is 369. The van der Waals surface area contributed by atoms with Gasteiger partial charge in [0.2, 0.25) is 0 Å². The van der Waals surface area contributed by atoms with Crippen molar-refractivity contribution in [3.63, 3.8) is 0 Å². The minimum Gasteiger partial charge on any atom is -0.240 e. The molecular formula is C12H20F3N3. The highest BCUT2D eigenvalue weighted by atomic mass is 19.4. The fourth-order valence-electron chi connectivity index (χ4n) is 1.85. The van der Waals surface area contributed by atoms with Gasteiger partial charge in [-0.15, -0.1) is 5.10 Å². The van der Waals surface area contributed by atoms with Crippen molar-refractivity contribution in [2.75, 3.05) is 0 Å². The first kappa shape index (κ1) is 15.0. The second-order valence-electron chi connectivity index (χ2n) is 4.76. The van der Waals surface area contributed by atoms with E-state index in [1.165, 1.54) is 0 Å². The molecule has 0 aliphatic heterocycles. The molecule has 0 aliphatic rings. The van der Waals surface area contributed by atoms with Crippen LogP contribution in [0.3, 0.4) is 0 Å². The van der Waals surface area contributed by atoms with Crippen LogP contribution in [0.4, 0.5) is 13.2 Å². The van der Waals surface area contributed by atoms with Crippen LogP contribution in [-0.2, 0) is 12.7 Å². The summed E-state index contributed by atoms with van der Waals surface area (Å²) in [6.07, 6.45) is -0.663. The Balaban J connectivity index is 2.85. The molecule has 0 fully saturated rings. The molecule has 0 aliphatic carbocycles. The Morgan fingerprint density at radius 2 is 1.83 bits per heavy atom. The van der Waals surface area contributed by atoms with Crippen LogP contribution < -0.4 is 0 Å². The van der Waals surface area contributed by atoms with E-state index in [1.54, 1.807) is 13.8 Å². The van der Waals surface area contributed by atoms with E-state index >= 15 is 0 Å². The smallest absolute Gasteiger partial charge is 0.240 e. The number of unbranched alkanes of at least 4 members (excludes halogenated alkanes) is 3. The van der Waals surface area contributed by atoms with Gasteiger partial charge in [-0.25, -0.2) is 4.68 Å². The van der Waals surface area contributed by atoms with Gasteiger partial charge in [-0.3, -0.25) is 0 Å². The van der Waals surface area contributed by atoms with E-state index in [9.17, 15) is 13.2 Å². The molecule has 0 aromatic carbocycles. The summed E-state index contributed by atoms with van der Waals surface area (Å²) in [5, 5.41) is 7.32. The highest BCUT2D eigenvalue weighted by Crippen LogP contribution is 2.34. The fraction of sp³-hybridized carbons (Fsp3) is 0.833. The van der Waals surface area contributed by atoms with Crippen LogP contribution in [0.2, 0.25) is 0 Å². The molecule has 1 heterocycles. The van der Waals surface area contributed by atoms with E-state index in [2.05, 4.69) is 17.2 Å². The lowest BCUT2D eigenvalue weighted by Gasteiger charge is -2.12. The predicted molar refractivity (Wildman–Crippen MR) is 63.3 cm³/mol. The third-order valence-electron chi connectivity index (χ3n) is 2.80. The molecule has 0 atom stereocenters. The third kappa shape index (κ3) is 3.71. The summed E-state index contributed by atoms with van der Waals surface area (Å²) < 4.78 is 39.9. The molecule has 1 rings (SSSR count). The number of nitrogens with zero attached hydrogens (tertiary/aromatic N) is 3. The zero-order valence-corrected chi connectivity index (χ0v) is 11.1. The van der Waals surface area contributed by atoms with Gasteiger partial charge in [-0.2, -0.15) is 13.2 Å². The second kappa shape index (κ2) is 6.20. The van der Waals surface area contributed by atoms with Crippen molar-refractivity contribution in [2.24, 2.45) is 0 Å². The number of hydrogen-bond acceptors (Lipinski definition) is 2. The number of alkyl halides is 3. The number of aromatic nitrogens is 3. The largest absolute Gasteiger partial charge is 0.434 e. The van der Waals surface area contributed by atoms with Gasteiger partial charge >= 0.3 is 6.18 Å². The van der Waals surface area contributed by atoms with Gasteiger partial charge < -0.3 is 0 Å². The SMILES string of the molecule is CCCCCCn1nnc(C(C)C)c1C(F)(F)F. The molecule has 104 valence electrons. The lowest BCUT2D eigenvalue weighted by atomic mass is 10.1. The Labute approximate surface area is 105 Å². The molecule has 0 saturated carbocycles. The summed E-state index contributed by atoms with van der Waals surface area (Å²) in [5.74, 6) is -0.272. The first-order valence-corrected chi connectivity index (χ1v) is 6.38. The molecule has 0 amide bonds. The average molecular weight is 263 g/mol. The normalized spacial score (nSPS) is 12.4. The first-order chi connectivity index (χ1) is 8.38. The molecule has 0 unspecified atom stereocenters. The summed E-state index contributed by atoms with van der Waals surface area (Å²) in [4.78, 5) is 0. The zero-order valence-electron chi connectivity index (χ0n) is 11.1. The number of rotatable bonds is 6. The molecule has 6 heteroatoms. The van der Waals surface area contributed by atoms with Crippen LogP contribution in [0, 0.1) is 0 Å². The standard InChI is InChI=1S/C12H20F3N3/c1-4-5-6-7-8-18-11(12(13,14)15)10(9(2)3)16-17-18/h9H,4-8H2,1-3H3. The minimum absolute atomic E-state index is 0.0398. The molecule has 0 bridgehead atoms. The van der Waals surface area contributed by atoms with Crippen molar-refractivity contribution in [3.05, 3.63) is 11.4 Å². The molecule has 3 nitrogen and oxygen atoms in total. The zero-order chi connectivity index (χ0) is 13.8. The van der Waals surface area contributed by atoms with Gasteiger partial charge in [0.1, 0.15) is 0 Å². The molecular weight excluding hydrogens is 243 g/mol. The van der Waals surface area contributed by atoms with Gasteiger partial charge in [-0.1, -0.05) is 45.2 Å². The van der Waals surface area contributed by atoms with E-state index in [0.29, 0.717) is 6.42 Å². The maximum absolute atomic E-state index is 13.0. The maximum Gasteiger partial charge on any atom is 0.434 e. The lowest BCUT2D eigenvalue weighted by molar-refractivity contribution is -0.145. The Kier molecular flexibility index (Phi) is 5.16. The van der Waals surface area contributed by atoms with Crippen LogP contribution >= 0.6 is 0 Å². The van der Waals surface area contributed by atoms with Gasteiger partial charge in [0.25, 0.3) is 0 Å². The highest BCUT2D eigenvalue weighted by Gasteiger charge is 2.39. The van der Waals surface area contributed by atoms with Gasteiger partial charge in [0, 0.05) is 6.54 Å². The molecule has 0 saturated heterocycles. The van der Waals surface area contributed by atoms with E-state index in [-0.39, 0.29) is 18.2 Å². The van der Waals surface area contributed by atoms with Crippen molar-refractivity contribution in [3.8, 4) is 0 Å². The Morgan fingerprint density at radius 3 is 2.33 bits per heavy atom. The third-order valence-corrected chi connectivity index (χ3v) is 2.80. The van der Waals surface area contributed by atoms with E-state index < -0.39 is 11.9 Å². The first-order valence-electron chi connectivity index (χ1n) is 6.38. The van der Waals surface area contributed by atoms with Crippen molar-refractivity contribution in [2.45, 2.75) is 65.1 Å². The monoisotopic (exact) mass is 263 g/mol. The number of aryl methyl sites for hydroxylation is 1. The maximum atomic E-state index is 13.0. The average Bonchev–Trinajstić information content (AvgIpc) is 2.68. The van der Waals surface area contributed by atoms with Crippen LogP contribution in [0.15, 0.2) is 0 Å². The highest BCUT2D eigenvalue weighted by molar-refractivity contribution is 5.17. The predicted octanol–water partition coefficient (Wildman–Crippen LogP) is 4.00. The summed E-state index contributed by atoms with van der Waals surface area (Å²) >= 11 is 0. The second-order valence-corrected chi connectivity index (χ2v) is 4.76. The van der Waals surface area contributed by atoms with Crippen LogP contribution in [0.1, 0.15) is 63.8 Å². The summed E-state index contributed by atoms with van der Waals surface area (Å²) in [5.41, 5.74) is -0.646. The Morgan fingerprint density at radius 1 is 1.17 bits per heavy atom. The van der Waals surface area contributed by atoms with E-state index in [0.717, 1.165) is 23.9 Å². The molecule has 18 heavy (non-hydrogen) atoms. The van der Waals surface area contributed by atoms with Gasteiger partial charge in [0.05, 0.1) is 5.69 Å². The van der Waals surface area contributed by atoms with Crippen molar-refractivity contribution in [1.29, 1.82) is 0 Å². The Hall–Kier alpha value is -1.07. The number of halogens is 3. The topological polar surface area (TPSA) is 30.7 Å². The van der Waals surface area contributed by atoms with Crippen LogP contribution in [0.5, 0.6) is 0 Å². The van der Waals surface area contributed by atoms with Crippen molar-refractivity contribution in [1.82, 2.24) is 15.0 Å². The molecule has 1 aromatic rings. The van der Waals surface area contributed by atoms with Crippen molar-refractivity contribution < 1.29 is 13.2 Å².